The largest absolute Gasteiger partial charge is 0.416 e. The number of rotatable bonds is 0. The second-order valence-corrected chi connectivity index (χ2v) is 2.45. The minimum atomic E-state index is -4.27. The van der Waals surface area contributed by atoms with Crippen molar-refractivity contribution < 1.29 is 30.2 Å². The molecule has 0 fully saturated rings. The average Bonchev–Trinajstić information content (AvgIpc) is 2.04. The summed E-state index contributed by atoms with van der Waals surface area (Å²) in [6.45, 7) is 1.64. The Morgan fingerprint density at radius 1 is 1.07 bits per heavy atom. The SMILES string of the molecule is CC#Cc1ccc(C(F)(F)F)cc1.[Cu]. The number of benzene rings is 1. The number of halogens is 3. The molecule has 0 bridgehead atoms. The molecule has 0 amide bonds. The normalized spacial score (nSPS) is 9.71. The second-order valence-electron chi connectivity index (χ2n) is 2.45. The second kappa shape index (κ2) is 5.09. The molecule has 0 aliphatic rings. The molecule has 0 nitrogen and oxygen atoms in total. The number of alkyl halides is 3. The first-order valence-corrected chi connectivity index (χ1v) is 3.64. The van der Waals surface area contributed by atoms with Gasteiger partial charge in [0.1, 0.15) is 0 Å². The summed E-state index contributed by atoms with van der Waals surface area (Å²) in [5.74, 6) is 5.28. The van der Waals surface area contributed by atoms with Crippen LogP contribution in [-0.2, 0) is 23.2 Å². The van der Waals surface area contributed by atoms with E-state index in [0.29, 0.717) is 5.56 Å². The molecule has 0 aromatic heterocycles. The van der Waals surface area contributed by atoms with Gasteiger partial charge in [-0.2, -0.15) is 13.2 Å². The zero-order chi connectivity index (χ0) is 9.90. The van der Waals surface area contributed by atoms with Crippen LogP contribution in [-0.4, -0.2) is 0 Å². The van der Waals surface area contributed by atoms with Gasteiger partial charge >= 0.3 is 6.18 Å². The summed E-state index contributed by atoms with van der Waals surface area (Å²) in [4.78, 5) is 0. The molecule has 0 spiro atoms. The van der Waals surface area contributed by atoms with Crippen LogP contribution < -0.4 is 0 Å². The molecular weight excluding hydrogens is 241 g/mol. The predicted molar refractivity (Wildman–Crippen MR) is 44.0 cm³/mol. The summed E-state index contributed by atoms with van der Waals surface area (Å²) in [5.41, 5.74) is -0.0512. The van der Waals surface area contributed by atoms with Gasteiger partial charge in [-0.15, -0.1) is 5.92 Å². The van der Waals surface area contributed by atoms with Gasteiger partial charge in [-0.1, -0.05) is 5.92 Å². The Morgan fingerprint density at radius 3 is 1.93 bits per heavy atom. The summed E-state index contributed by atoms with van der Waals surface area (Å²) in [5, 5.41) is 0. The van der Waals surface area contributed by atoms with Crippen molar-refractivity contribution >= 4 is 0 Å². The van der Waals surface area contributed by atoms with Crippen LogP contribution in [0.3, 0.4) is 0 Å². The molecule has 0 saturated heterocycles. The van der Waals surface area contributed by atoms with Crippen molar-refractivity contribution in [3.05, 3.63) is 35.4 Å². The summed E-state index contributed by atoms with van der Waals surface area (Å²) in [6.07, 6.45) is -4.27. The summed E-state index contributed by atoms with van der Waals surface area (Å²) >= 11 is 0. The first kappa shape index (κ1) is 13.1. The Labute approximate surface area is 91.0 Å². The monoisotopic (exact) mass is 247 g/mol. The van der Waals surface area contributed by atoms with E-state index in [1.807, 2.05) is 0 Å². The maximum Gasteiger partial charge on any atom is 0.416 e. The molecule has 0 aliphatic heterocycles. The molecule has 1 aromatic rings. The Bertz CT molecular complexity index is 340. The van der Waals surface area contributed by atoms with Crippen LogP contribution in [0.5, 0.6) is 0 Å². The van der Waals surface area contributed by atoms with Gasteiger partial charge in [0.2, 0.25) is 0 Å². The molecule has 1 aromatic carbocycles. The molecule has 0 heterocycles. The third-order valence-corrected chi connectivity index (χ3v) is 1.48. The van der Waals surface area contributed by atoms with Crippen LogP contribution in [0, 0.1) is 11.8 Å². The average molecular weight is 248 g/mol. The van der Waals surface area contributed by atoms with Gasteiger partial charge in [-0.25, -0.2) is 0 Å². The van der Waals surface area contributed by atoms with Crippen molar-refractivity contribution in [2.75, 3.05) is 0 Å². The molecule has 79 valence electrons. The molecular formula is C10H7CuF3. The van der Waals surface area contributed by atoms with Crippen LogP contribution >= 0.6 is 0 Å². The van der Waals surface area contributed by atoms with E-state index in [2.05, 4.69) is 11.8 Å². The van der Waals surface area contributed by atoms with Gasteiger partial charge in [-0.05, 0) is 31.2 Å². The van der Waals surface area contributed by atoms with Crippen molar-refractivity contribution in [1.82, 2.24) is 0 Å². The van der Waals surface area contributed by atoms with E-state index < -0.39 is 11.7 Å². The predicted octanol–water partition coefficient (Wildman–Crippen LogP) is 3.07. The van der Waals surface area contributed by atoms with Crippen LogP contribution in [0.4, 0.5) is 13.2 Å². The van der Waals surface area contributed by atoms with E-state index in [1.54, 1.807) is 6.92 Å². The Hall–Kier alpha value is -0.911. The zero-order valence-corrected chi connectivity index (χ0v) is 8.19. The topological polar surface area (TPSA) is 0 Å². The minimum absolute atomic E-state index is 0. The van der Waals surface area contributed by atoms with E-state index in [9.17, 15) is 13.2 Å². The van der Waals surface area contributed by atoms with Gasteiger partial charge < -0.3 is 0 Å². The molecule has 1 radical (unpaired) electrons. The Morgan fingerprint density at radius 2 is 1.57 bits per heavy atom. The first-order chi connectivity index (χ1) is 6.04. The molecule has 0 aliphatic carbocycles. The molecule has 0 unspecified atom stereocenters. The van der Waals surface area contributed by atoms with Crippen molar-refractivity contribution in [3.63, 3.8) is 0 Å². The van der Waals surface area contributed by atoms with Gasteiger partial charge in [0.15, 0.2) is 0 Å². The summed E-state index contributed by atoms with van der Waals surface area (Å²) in [6, 6.07) is 4.78. The van der Waals surface area contributed by atoms with E-state index in [0.717, 1.165) is 12.1 Å². The third kappa shape index (κ3) is 3.45. The number of hydrogen-bond donors (Lipinski definition) is 0. The quantitative estimate of drug-likeness (QED) is 0.488. The minimum Gasteiger partial charge on any atom is -0.166 e. The maximum atomic E-state index is 12.1. The maximum absolute atomic E-state index is 12.1. The van der Waals surface area contributed by atoms with Crippen molar-refractivity contribution in [3.8, 4) is 11.8 Å². The van der Waals surface area contributed by atoms with Crippen molar-refractivity contribution in [1.29, 1.82) is 0 Å². The third-order valence-electron chi connectivity index (χ3n) is 1.48. The molecule has 14 heavy (non-hydrogen) atoms. The molecule has 0 saturated carbocycles. The van der Waals surface area contributed by atoms with E-state index in [4.69, 9.17) is 0 Å². The Kier molecular flexibility index (Phi) is 4.76. The fourth-order valence-corrected chi connectivity index (χ4v) is 0.887. The van der Waals surface area contributed by atoms with Crippen LogP contribution in [0.15, 0.2) is 24.3 Å². The van der Waals surface area contributed by atoms with Crippen molar-refractivity contribution in [2.45, 2.75) is 13.1 Å². The smallest absolute Gasteiger partial charge is 0.166 e. The fraction of sp³-hybridized carbons (Fsp3) is 0.200. The standard InChI is InChI=1S/C10H7F3.Cu/c1-2-3-8-4-6-9(7-5-8)10(11,12)13;/h4-7H,1H3;. The van der Waals surface area contributed by atoms with Crippen LogP contribution in [0.1, 0.15) is 18.1 Å². The van der Waals surface area contributed by atoms with Crippen LogP contribution in [0.25, 0.3) is 0 Å². The van der Waals surface area contributed by atoms with Crippen LogP contribution in [0.2, 0.25) is 0 Å². The van der Waals surface area contributed by atoms with Gasteiger partial charge in [-0.3, -0.25) is 0 Å². The van der Waals surface area contributed by atoms with E-state index >= 15 is 0 Å². The van der Waals surface area contributed by atoms with Gasteiger partial charge in [0, 0.05) is 22.6 Å². The fourth-order valence-electron chi connectivity index (χ4n) is 0.887. The molecule has 0 atom stereocenters. The summed E-state index contributed by atoms with van der Waals surface area (Å²) in [7, 11) is 0. The van der Waals surface area contributed by atoms with Gasteiger partial charge in [0.25, 0.3) is 0 Å². The summed E-state index contributed by atoms with van der Waals surface area (Å²) < 4.78 is 36.2. The van der Waals surface area contributed by atoms with Crippen molar-refractivity contribution in [2.24, 2.45) is 0 Å². The zero-order valence-electron chi connectivity index (χ0n) is 7.24. The molecule has 4 heteroatoms. The first-order valence-electron chi connectivity index (χ1n) is 3.64. The molecule has 0 N–H and O–H groups in total. The van der Waals surface area contributed by atoms with E-state index in [-0.39, 0.29) is 17.1 Å². The number of hydrogen-bond acceptors (Lipinski definition) is 0. The molecule has 1 rings (SSSR count). The Balaban J connectivity index is 0.00000169. The van der Waals surface area contributed by atoms with E-state index in [1.165, 1.54) is 12.1 Å². The van der Waals surface area contributed by atoms with Gasteiger partial charge in [0.05, 0.1) is 5.56 Å².